The maximum absolute atomic E-state index is 11.8. The zero-order valence-corrected chi connectivity index (χ0v) is 12.1. The van der Waals surface area contributed by atoms with Crippen LogP contribution < -0.4 is 0 Å². The van der Waals surface area contributed by atoms with Crippen LogP contribution in [0, 0.1) is 5.92 Å². The molecule has 112 valence electrons. The van der Waals surface area contributed by atoms with E-state index in [0.29, 0.717) is 18.4 Å². The molecule has 4 rings (SSSR count). The summed E-state index contributed by atoms with van der Waals surface area (Å²) in [6, 6.07) is 10.9. The highest BCUT2D eigenvalue weighted by molar-refractivity contribution is 5.70. The predicted molar refractivity (Wildman–Crippen MR) is 77.9 cm³/mol. The Morgan fingerprint density at radius 2 is 2.10 bits per heavy atom. The molecule has 4 atom stereocenters. The van der Waals surface area contributed by atoms with Gasteiger partial charge in [0.1, 0.15) is 12.8 Å². The molecule has 2 heterocycles. The normalized spacial score (nSPS) is 34.5. The number of rotatable bonds is 4. The van der Waals surface area contributed by atoms with E-state index in [-0.39, 0.29) is 18.4 Å². The highest BCUT2D eigenvalue weighted by Crippen LogP contribution is 2.47. The largest absolute Gasteiger partial charge is 0.447 e. The van der Waals surface area contributed by atoms with Crippen LogP contribution >= 0.6 is 0 Å². The highest BCUT2D eigenvalue weighted by Gasteiger charge is 2.43. The van der Waals surface area contributed by atoms with E-state index in [1.807, 2.05) is 4.90 Å². The third kappa shape index (κ3) is 2.53. The molecular weight excluding hydrogens is 266 g/mol. The van der Waals surface area contributed by atoms with Crippen LogP contribution in [0.25, 0.3) is 0 Å². The first-order valence-electron chi connectivity index (χ1n) is 7.94. The molecule has 0 bridgehead atoms. The van der Waals surface area contributed by atoms with Crippen LogP contribution in [0.15, 0.2) is 30.3 Å². The lowest BCUT2D eigenvalue weighted by Crippen LogP contribution is -2.47. The lowest BCUT2D eigenvalue weighted by Gasteiger charge is -2.34. The summed E-state index contributed by atoms with van der Waals surface area (Å²) in [4.78, 5) is 13.6. The molecule has 4 nitrogen and oxygen atoms in total. The van der Waals surface area contributed by atoms with Crippen LogP contribution in [-0.4, -0.2) is 36.5 Å². The number of carbonyl (C=O) groups is 1. The fraction of sp³-hybridized carbons (Fsp3) is 0.588. The molecule has 1 amide bonds. The summed E-state index contributed by atoms with van der Waals surface area (Å²) in [5.74, 6) is 1.24. The zero-order chi connectivity index (χ0) is 14.2. The minimum absolute atomic E-state index is 0.0734. The molecule has 3 aliphatic rings. The van der Waals surface area contributed by atoms with Crippen molar-refractivity contribution in [1.29, 1.82) is 0 Å². The Morgan fingerprint density at radius 3 is 2.95 bits per heavy atom. The number of cyclic esters (lactones) is 1. The van der Waals surface area contributed by atoms with Gasteiger partial charge in [-0.15, -0.1) is 0 Å². The van der Waals surface area contributed by atoms with Gasteiger partial charge >= 0.3 is 6.09 Å². The zero-order valence-electron chi connectivity index (χ0n) is 12.1. The second-order valence-electron chi connectivity index (χ2n) is 6.37. The van der Waals surface area contributed by atoms with Crippen LogP contribution in [0.2, 0.25) is 0 Å². The van der Waals surface area contributed by atoms with Crippen molar-refractivity contribution in [3.05, 3.63) is 35.9 Å². The van der Waals surface area contributed by atoms with Gasteiger partial charge in [-0.1, -0.05) is 30.3 Å². The predicted octanol–water partition coefficient (Wildman–Crippen LogP) is 3.14. The molecule has 0 N–H and O–H groups in total. The third-order valence-corrected chi connectivity index (χ3v) is 4.96. The summed E-state index contributed by atoms with van der Waals surface area (Å²) in [6.45, 7) is 1.29. The number of nitrogens with zero attached hydrogens (tertiary/aromatic N) is 1. The Balaban J connectivity index is 1.32. The van der Waals surface area contributed by atoms with Crippen molar-refractivity contribution in [1.82, 2.24) is 4.90 Å². The summed E-state index contributed by atoms with van der Waals surface area (Å²) in [5.41, 5.74) is 1.41. The third-order valence-electron chi connectivity index (χ3n) is 4.96. The van der Waals surface area contributed by atoms with Crippen molar-refractivity contribution >= 4 is 6.09 Å². The van der Waals surface area contributed by atoms with E-state index in [0.717, 1.165) is 25.9 Å². The number of piperidine rings is 1. The first kappa shape index (κ1) is 13.1. The second kappa shape index (κ2) is 5.34. The molecule has 2 saturated heterocycles. The fourth-order valence-corrected chi connectivity index (χ4v) is 3.65. The van der Waals surface area contributed by atoms with Gasteiger partial charge in [-0.3, -0.25) is 4.90 Å². The maximum atomic E-state index is 11.8. The summed E-state index contributed by atoms with van der Waals surface area (Å²) < 4.78 is 11.2. The first-order valence-corrected chi connectivity index (χ1v) is 7.94. The van der Waals surface area contributed by atoms with Gasteiger partial charge in [-0.25, -0.2) is 4.79 Å². The Bertz CT molecular complexity index is 518. The van der Waals surface area contributed by atoms with Gasteiger partial charge in [0.15, 0.2) is 0 Å². The molecule has 0 aromatic heterocycles. The molecule has 0 radical (unpaired) electrons. The van der Waals surface area contributed by atoms with Gasteiger partial charge in [0.2, 0.25) is 0 Å². The number of fused-ring (bicyclic) bond motifs is 1. The lowest BCUT2D eigenvalue weighted by atomic mass is 10.0. The van der Waals surface area contributed by atoms with E-state index < -0.39 is 0 Å². The molecule has 4 heteroatoms. The van der Waals surface area contributed by atoms with E-state index >= 15 is 0 Å². The van der Waals surface area contributed by atoms with Crippen LogP contribution in [0.5, 0.6) is 0 Å². The van der Waals surface area contributed by atoms with Gasteiger partial charge in [0, 0.05) is 0 Å². The number of hydrogen-bond donors (Lipinski definition) is 0. The van der Waals surface area contributed by atoms with E-state index in [1.54, 1.807) is 0 Å². The number of hydrogen-bond acceptors (Lipinski definition) is 3. The highest BCUT2D eigenvalue weighted by atomic mass is 16.6. The van der Waals surface area contributed by atoms with E-state index in [2.05, 4.69) is 30.3 Å². The Morgan fingerprint density at radius 1 is 1.24 bits per heavy atom. The number of amides is 1. The number of ether oxygens (including phenoxy) is 2. The second-order valence-corrected chi connectivity index (χ2v) is 6.37. The average molecular weight is 287 g/mol. The van der Waals surface area contributed by atoms with Crippen LogP contribution in [0.4, 0.5) is 4.79 Å². The van der Waals surface area contributed by atoms with Crippen molar-refractivity contribution in [3.8, 4) is 0 Å². The average Bonchev–Trinajstić information content (AvgIpc) is 3.22. The Labute approximate surface area is 125 Å². The maximum Gasteiger partial charge on any atom is 0.412 e. The quantitative estimate of drug-likeness (QED) is 0.854. The van der Waals surface area contributed by atoms with Crippen molar-refractivity contribution < 1.29 is 14.3 Å². The van der Waals surface area contributed by atoms with E-state index in [1.165, 1.54) is 12.0 Å². The van der Waals surface area contributed by atoms with Gasteiger partial charge < -0.3 is 9.47 Å². The number of benzene rings is 1. The van der Waals surface area contributed by atoms with E-state index in [9.17, 15) is 4.79 Å². The Hall–Kier alpha value is -1.55. The standard InChI is InChI=1S/C17H21NO3/c19-17-18-14(11-21-17)7-4-8-16(18)20-10-13-9-15(13)12-5-2-1-3-6-12/h1-3,5-6,13-16H,4,7-11H2/t13-,14-,15+,16+/m0/s1. The molecule has 1 saturated carbocycles. The van der Waals surface area contributed by atoms with Crippen molar-refractivity contribution in [2.45, 2.75) is 43.9 Å². The van der Waals surface area contributed by atoms with Gasteiger partial charge in [-0.05, 0) is 43.1 Å². The van der Waals surface area contributed by atoms with E-state index in [4.69, 9.17) is 9.47 Å². The smallest absolute Gasteiger partial charge is 0.412 e. The fourth-order valence-electron chi connectivity index (χ4n) is 3.65. The topological polar surface area (TPSA) is 38.8 Å². The van der Waals surface area contributed by atoms with Crippen LogP contribution in [0.1, 0.15) is 37.2 Å². The molecule has 21 heavy (non-hydrogen) atoms. The molecule has 1 aromatic rings. The van der Waals surface area contributed by atoms with Crippen LogP contribution in [0.3, 0.4) is 0 Å². The first-order chi connectivity index (χ1) is 10.3. The van der Waals surface area contributed by atoms with Crippen molar-refractivity contribution in [2.24, 2.45) is 5.92 Å². The summed E-state index contributed by atoms with van der Waals surface area (Å²) in [5, 5.41) is 0. The van der Waals surface area contributed by atoms with Gasteiger partial charge in [0.25, 0.3) is 0 Å². The molecule has 1 aliphatic carbocycles. The summed E-state index contributed by atoms with van der Waals surface area (Å²) in [7, 11) is 0. The van der Waals surface area contributed by atoms with Crippen LogP contribution in [-0.2, 0) is 9.47 Å². The molecule has 3 fully saturated rings. The number of carbonyl (C=O) groups excluding carboxylic acids is 1. The molecular formula is C17H21NO3. The molecule has 2 aliphatic heterocycles. The lowest BCUT2D eigenvalue weighted by molar-refractivity contribution is -0.0710. The monoisotopic (exact) mass is 287 g/mol. The SMILES string of the molecule is O=C1OC[C@@H]2CCC[C@@H](OC[C@@H]3C[C@@H]3c3ccccc3)N12. The molecule has 0 unspecified atom stereocenters. The summed E-state index contributed by atoms with van der Waals surface area (Å²) in [6.07, 6.45) is 4.03. The molecule has 0 spiro atoms. The molecule has 1 aromatic carbocycles. The minimum atomic E-state index is -0.194. The van der Waals surface area contributed by atoms with Gasteiger partial charge in [-0.2, -0.15) is 0 Å². The Kier molecular flexibility index (Phi) is 3.34. The minimum Gasteiger partial charge on any atom is -0.447 e. The van der Waals surface area contributed by atoms with Gasteiger partial charge in [0.05, 0.1) is 12.6 Å². The summed E-state index contributed by atoms with van der Waals surface area (Å²) >= 11 is 0. The van der Waals surface area contributed by atoms with Crippen molar-refractivity contribution in [2.75, 3.05) is 13.2 Å². The van der Waals surface area contributed by atoms with Crippen molar-refractivity contribution in [3.63, 3.8) is 0 Å².